The third kappa shape index (κ3) is 3.53. The lowest BCUT2D eigenvalue weighted by Gasteiger charge is -2.26. The van der Waals surface area contributed by atoms with Crippen molar-refractivity contribution in [2.45, 2.75) is 37.8 Å². The summed E-state index contributed by atoms with van der Waals surface area (Å²) < 4.78 is 1.82. The highest BCUT2D eigenvalue weighted by Crippen LogP contribution is 2.32. The fraction of sp³-hybridized carbons (Fsp3) is 0.545. The summed E-state index contributed by atoms with van der Waals surface area (Å²) >= 11 is 8.14. The average molecular weight is 383 g/mol. The molecule has 3 nitrogen and oxygen atoms in total. The first-order chi connectivity index (χ1) is 8.06. The van der Waals surface area contributed by atoms with Gasteiger partial charge in [-0.15, -0.1) is 11.3 Å². The molecule has 17 heavy (non-hydrogen) atoms. The monoisotopic (exact) mass is 381 g/mol. The van der Waals surface area contributed by atoms with Gasteiger partial charge in [0, 0.05) is 10.5 Å². The number of hydrogen-bond donors (Lipinski definition) is 2. The summed E-state index contributed by atoms with van der Waals surface area (Å²) in [6.45, 7) is 0. The lowest BCUT2D eigenvalue weighted by molar-refractivity contribution is 0.0853. The van der Waals surface area contributed by atoms with Crippen LogP contribution >= 0.6 is 43.2 Å². The van der Waals surface area contributed by atoms with Gasteiger partial charge in [-0.25, -0.2) is 0 Å². The van der Waals surface area contributed by atoms with E-state index in [1.807, 2.05) is 6.07 Å². The molecule has 0 aliphatic heterocycles. The van der Waals surface area contributed by atoms with Crippen LogP contribution in [0.25, 0.3) is 0 Å². The maximum absolute atomic E-state index is 12.0. The molecule has 0 saturated heterocycles. The number of carbonyl (C=O) groups excluding carboxylic acids is 1. The molecule has 0 radical (unpaired) electrons. The summed E-state index contributed by atoms with van der Waals surface area (Å²) in [5.74, 6) is -0.0551. The van der Waals surface area contributed by atoms with Crippen LogP contribution in [0.2, 0.25) is 0 Å². The number of carbonyl (C=O) groups is 1. The van der Waals surface area contributed by atoms with Gasteiger partial charge in [-0.05, 0) is 63.6 Å². The molecule has 1 aromatic rings. The van der Waals surface area contributed by atoms with Gasteiger partial charge in [0.1, 0.15) is 0 Å². The largest absolute Gasteiger partial charge is 0.393 e. The van der Waals surface area contributed by atoms with Gasteiger partial charge >= 0.3 is 0 Å². The van der Waals surface area contributed by atoms with E-state index in [0.29, 0.717) is 11.3 Å². The second kappa shape index (κ2) is 5.82. The molecule has 1 heterocycles. The topological polar surface area (TPSA) is 49.3 Å². The van der Waals surface area contributed by atoms with E-state index in [-0.39, 0.29) is 18.1 Å². The highest BCUT2D eigenvalue weighted by atomic mass is 79.9. The van der Waals surface area contributed by atoms with Gasteiger partial charge in [0.25, 0.3) is 5.91 Å². The maximum Gasteiger partial charge on any atom is 0.261 e. The zero-order chi connectivity index (χ0) is 12.4. The molecule has 0 spiro atoms. The van der Waals surface area contributed by atoms with E-state index in [4.69, 9.17) is 0 Å². The van der Waals surface area contributed by atoms with E-state index in [1.54, 1.807) is 0 Å². The van der Waals surface area contributed by atoms with Crippen LogP contribution in [0.5, 0.6) is 0 Å². The molecule has 0 bridgehead atoms. The molecule has 94 valence electrons. The Balaban J connectivity index is 1.96. The third-order valence-electron chi connectivity index (χ3n) is 2.85. The van der Waals surface area contributed by atoms with E-state index in [9.17, 15) is 9.90 Å². The molecular formula is C11H13Br2NO2S. The Morgan fingerprint density at radius 2 is 2.24 bits per heavy atom. The number of aliphatic hydroxyl groups is 1. The highest BCUT2D eigenvalue weighted by Gasteiger charge is 2.22. The minimum atomic E-state index is -0.268. The fourth-order valence-corrected chi connectivity index (χ4v) is 3.95. The van der Waals surface area contributed by atoms with Gasteiger partial charge in [0.05, 0.1) is 14.8 Å². The molecular weight excluding hydrogens is 370 g/mol. The lowest BCUT2D eigenvalue weighted by Crippen LogP contribution is -2.39. The average Bonchev–Trinajstić information content (AvgIpc) is 2.59. The molecule has 1 aromatic heterocycles. The summed E-state index contributed by atoms with van der Waals surface area (Å²) in [5.41, 5.74) is 0. The van der Waals surface area contributed by atoms with E-state index in [0.717, 1.165) is 27.5 Å². The van der Waals surface area contributed by atoms with Crippen molar-refractivity contribution in [3.8, 4) is 0 Å². The standard InChI is InChI=1S/C11H13Br2NO2S/c12-8-5-9(17-10(8)13)11(16)14-6-2-1-3-7(15)4-6/h5-7,15H,1-4H2,(H,14,16). The normalized spacial score (nSPS) is 24.6. The quantitative estimate of drug-likeness (QED) is 0.824. The first kappa shape index (κ1) is 13.5. The maximum atomic E-state index is 12.0. The number of nitrogens with one attached hydrogen (secondary N) is 1. The van der Waals surface area contributed by atoms with Crippen molar-refractivity contribution in [2.24, 2.45) is 0 Å². The van der Waals surface area contributed by atoms with Crippen LogP contribution in [0.4, 0.5) is 0 Å². The molecule has 0 aromatic carbocycles. The predicted octanol–water partition coefficient (Wildman–Crippen LogP) is 3.31. The highest BCUT2D eigenvalue weighted by molar-refractivity contribution is 9.13. The minimum Gasteiger partial charge on any atom is -0.393 e. The number of halogens is 2. The fourth-order valence-electron chi connectivity index (χ4n) is 2.01. The molecule has 1 aliphatic rings. The van der Waals surface area contributed by atoms with Crippen molar-refractivity contribution < 1.29 is 9.90 Å². The second-order valence-electron chi connectivity index (χ2n) is 4.22. The van der Waals surface area contributed by atoms with Gasteiger partial charge in [-0.3, -0.25) is 4.79 Å². The number of aliphatic hydroxyl groups excluding tert-OH is 1. The summed E-state index contributed by atoms with van der Waals surface area (Å²) in [5, 5.41) is 12.5. The van der Waals surface area contributed by atoms with E-state index in [1.165, 1.54) is 11.3 Å². The van der Waals surface area contributed by atoms with Crippen molar-refractivity contribution >= 4 is 49.1 Å². The molecule has 1 saturated carbocycles. The van der Waals surface area contributed by atoms with Crippen LogP contribution in [-0.2, 0) is 0 Å². The Morgan fingerprint density at radius 3 is 2.82 bits per heavy atom. The second-order valence-corrected chi connectivity index (χ2v) is 7.45. The zero-order valence-corrected chi connectivity index (χ0v) is 13.1. The van der Waals surface area contributed by atoms with Gasteiger partial charge in [0.15, 0.2) is 0 Å². The number of amides is 1. The van der Waals surface area contributed by atoms with Crippen LogP contribution in [0.15, 0.2) is 14.3 Å². The zero-order valence-electron chi connectivity index (χ0n) is 9.08. The molecule has 2 unspecified atom stereocenters. The van der Waals surface area contributed by atoms with Gasteiger partial charge in [0.2, 0.25) is 0 Å². The summed E-state index contributed by atoms with van der Waals surface area (Å²) in [6.07, 6.45) is 3.18. The Labute approximate surface area is 121 Å². The summed E-state index contributed by atoms with van der Waals surface area (Å²) in [6, 6.07) is 1.91. The summed E-state index contributed by atoms with van der Waals surface area (Å²) in [4.78, 5) is 12.6. The van der Waals surface area contributed by atoms with Crippen molar-refractivity contribution in [2.75, 3.05) is 0 Å². The molecule has 2 N–H and O–H groups in total. The minimum absolute atomic E-state index is 0.0551. The van der Waals surface area contributed by atoms with E-state index >= 15 is 0 Å². The van der Waals surface area contributed by atoms with E-state index < -0.39 is 0 Å². The van der Waals surface area contributed by atoms with Crippen molar-refractivity contribution in [3.63, 3.8) is 0 Å². The summed E-state index contributed by atoms with van der Waals surface area (Å²) in [7, 11) is 0. The third-order valence-corrected chi connectivity index (χ3v) is 6.11. The molecule has 2 rings (SSSR count). The first-order valence-corrected chi connectivity index (χ1v) is 7.90. The van der Waals surface area contributed by atoms with Crippen LogP contribution in [-0.4, -0.2) is 23.2 Å². The van der Waals surface area contributed by atoms with Crippen LogP contribution in [0.1, 0.15) is 35.4 Å². The van der Waals surface area contributed by atoms with Gasteiger partial charge < -0.3 is 10.4 Å². The van der Waals surface area contributed by atoms with Crippen molar-refractivity contribution in [3.05, 3.63) is 19.2 Å². The molecule has 1 fully saturated rings. The lowest BCUT2D eigenvalue weighted by atomic mass is 9.93. The number of hydrogen-bond acceptors (Lipinski definition) is 3. The van der Waals surface area contributed by atoms with Gasteiger partial charge in [-0.2, -0.15) is 0 Å². The van der Waals surface area contributed by atoms with Crippen LogP contribution in [0, 0.1) is 0 Å². The smallest absolute Gasteiger partial charge is 0.261 e. The number of thiophene rings is 1. The Bertz CT molecular complexity index is 402. The molecule has 6 heteroatoms. The number of rotatable bonds is 2. The van der Waals surface area contributed by atoms with Gasteiger partial charge in [-0.1, -0.05) is 0 Å². The Hall–Kier alpha value is 0.0900. The Kier molecular flexibility index (Phi) is 4.63. The van der Waals surface area contributed by atoms with Crippen molar-refractivity contribution in [1.29, 1.82) is 0 Å². The van der Waals surface area contributed by atoms with Crippen LogP contribution in [0.3, 0.4) is 0 Å². The van der Waals surface area contributed by atoms with Crippen LogP contribution < -0.4 is 5.32 Å². The first-order valence-electron chi connectivity index (χ1n) is 5.50. The van der Waals surface area contributed by atoms with E-state index in [2.05, 4.69) is 37.2 Å². The Morgan fingerprint density at radius 1 is 1.47 bits per heavy atom. The predicted molar refractivity (Wildman–Crippen MR) is 75.4 cm³/mol. The molecule has 1 aliphatic carbocycles. The molecule has 2 atom stereocenters. The SMILES string of the molecule is O=C(NC1CCCC(O)C1)c1cc(Br)c(Br)s1. The van der Waals surface area contributed by atoms with Crippen molar-refractivity contribution in [1.82, 2.24) is 5.32 Å². The molecule has 1 amide bonds.